The third kappa shape index (κ3) is 5.00. The van der Waals surface area contributed by atoms with Crippen LogP contribution in [0.4, 0.5) is 4.39 Å². The molecule has 0 heterocycles. The number of carboxylic acids is 1. The number of hydrogen-bond acceptors (Lipinski definition) is 3. The highest BCUT2D eigenvalue weighted by Gasteiger charge is 2.07. The van der Waals surface area contributed by atoms with Crippen LogP contribution in [0.1, 0.15) is 5.56 Å². The summed E-state index contributed by atoms with van der Waals surface area (Å²) in [7, 11) is -1.43. The van der Waals surface area contributed by atoms with Crippen molar-refractivity contribution in [1.82, 2.24) is 0 Å². The Kier molecular flexibility index (Phi) is 5.05. The van der Waals surface area contributed by atoms with Gasteiger partial charge in [0.25, 0.3) is 0 Å². The lowest BCUT2D eigenvalue weighted by Gasteiger charge is -2.06. The average Bonchev–Trinajstić information content (AvgIpc) is 2.42. The van der Waals surface area contributed by atoms with Gasteiger partial charge in [-0.05, 0) is 42.0 Å². The molecular formula is C15H13FO4S. The van der Waals surface area contributed by atoms with Gasteiger partial charge in [-0.3, -0.25) is 9.00 Å². The first-order valence-electron chi connectivity index (χ1n) is 6.12. The summed E-state index contributed by atoms with van der Waals surface area (Å²) in [5.41, 5.74) is 0.765. The lowest BCUT2D eigenvalue weighted by atomic mass is 10.2. The van der Waals surface area contributed by atoms with Gasteiger partial charge in [0.15, 0.2) is 0 Å². The van der Waals surface area contributed by atoms with Gasteiger partial charge < -0.3 is 9.84 Å². The van der Waals surface area contributed by atoms with Crippen molar-refractivity contribution in [2.45, 2.75) is 5.75 Å². The molecule has 0 amide bonds. The van der Waals surface area contributed by atoms with Crippen LogP contribution in [-0.4, -0.2) is 21.0 Å². The summed E-state index contributed by atoms with van der Waals surface area (Å²) in [6.45, 7) is 0. The van der Waals surface area contributed by atoms with E-state index >= 15 is 0 Å². The van der Waals surface area contributed by atoms with Gasteiger partial charge in [-0.25, -0.2) is 4.39 Å². The first-order chi connectivity index (χ1) is 10.0. The lowest BCUT2D eigenvalue weighted by molar-refractivity contribution is -0.133. The Hall–Kier alpha value is -2.21. The molecule has 1 atom stereocenters. The first-order valence-corrected chi connectivity index (χ1v) is 7.61. The highest BCUT2D eigenvalue weighted by Crippen LogP contribution is 2.22. The molecule has 110 valence electrons. The van der Waals surface area contributed by atoms with Crippen molar-refractivity contribution in [1.29, 1.82) is 0 Å². The van der Waals surface area contributed by atoms with E-state index in [1.165, 1.54) is 24.3 Å². The van der Waals surface area contributed by atoms with E-state index in [0.29, 0.717) is 11.5 Å². The normalized spacial score (nSPS) is 11.9. The second kappa shape index (κ2) is 6.99. The van der Waals surface area contributed by atoms with Crippen LogP contribution in [0.2, 0.25) is 0 Å². The van der Waals surface area contributed by atoms with Crippen LogP contribution in [0.15, 0.2) is 48.5 Å². The summed E-state index contributed by atoms with van der Waals surface area (Å²) >= 11 is 0. The Balaban J connectivity index is 1.97. The summed E-state index contributed by atoms with van der Waals surface area (Å²) in [6.07, 6.45) is 0. The Morgan fingerprint density at radius 2 is 1.57 bits per heavy atom. The molecule has 21 heavy (non-hydrogen) atoms. The van der Waals surface area contributed by atoms with Crippen molar-refractivity contribution in [2.24, 2.45) is 0 Å². The number of ether oxygens (including phenoxy) is 1. The van der Waals surface area contributed by atoms with Crippen LogP contribution < -0.4 is 4.74 Å². The van der Waals surface area contributed by atoms with E-state index in [4.69, 9.17) is 9.84 Å². The number of benzene rings is 2. The Labute approximate surface area is 123 Å². The van der Waals surface area contributed by atoms with E-state index in [1.807, 2.05) is 0 Å². The van der Waals surface area contributed by atoms with E-state index in [9.17, 15) is 13.4 Å². The van der Waals surface area contributed by atoms with Gasteiger partial charge in [-0.1, -0.05) is 12.1 Å². The van der Waals surface area contributed by atoms with Crippen molar-refractivity contribution >= 4 is 16.8 Å². The Morgan fingerprint density at radius 3 is 2.10 bits per heavy atom. The van der Waals surface area contributed by atoms with Crippen LogP contribution in [0.25, 0.3) is 0 Å². The van der Waals surface area contributed by atoms with E-state index in [0.717, 1.165) is 5.56 Å². The van der Waals surface area contributed by atoms with Gasteiger partial charge in [-0.2, -0.15) is 0 Å². The van der Waals surface area contributed by atoms with Crippen LogP contribution in [0, 0.1) is 5.82 Å². The van der Waals surface area contributed by atoms with Gasteiger partial charge in [0.1, 0.15) is 23.1 Å². The van der Waals surface area contributed by atoms with E-state index < -0.39 is 16.8 Å². The number of carbonyl (C=O) groups is 1. The standard InChI is InChI=1S/C15H13FO4S/c16-12-3-7-14(8-4-12)20-13-5-1-11(2-6-13)9-21(19)10-15(17)18/h1-8H,9-10H2,(H,17,18). The maximum Gasteiger partial charge on any atom is 0.316 e. The topological polar surface area (TPSA) is 63.6 Å². The third-order valence-corrected chi connectivity index (χ3v) is 3.81. The molecule has 0 fully saturated rings. The second-order valence-electron chi connectivity index (χ2n) is 4.32. The molecule has 0 saturated heterocycles. The maximum absolute atomic E-state index is 12.8. The van der Waals surface area contributed by atoms with Crippen molar-refractivity contribution in [3.05, 3.63) is 59.9 Å². The molecule has 1 unspecified atom stereocenters. The summed E-state index contributed by atoms with van der Waals surface area (Å²) in [6, 6.07) is 12.5. The van der Waals surface area contributed by atoms with Gasteiger partial charge in [0, 0.05) is 16.6 Å². The summed E-state index contributed by atoms with van der Waals surface area (Å²) in [5.74, 6) is -0.520. The summed E-state index contributed by atoms with van der Waals surface area (Å²) in [5, 5.41) is 8.55. The maximum atomic E-state index is 12.8. The highest BCUT2D eigenvalue weighted by molar-refractivity contribution is 7.84. The molecule has 0 bridgehead atoms. The molecule has 0 aliphatic heterocycles. The SMILES string of the molecule is O=C(O)CS(=O)Cc1ccc(Oc2ccc(F)cc2)cc1. The summed E-state index contributed by atoms with van der Waals surface area (Å²) < 4.78 is 29.8. The van der Waals surface area contributed by atoms with E-state index in [1.54, 1.807) is 24.3 Å². The Morgan fingerprint density at radius 1 is 1.05 bits per heavy atom. The van der Waals surface area contributed by atoms with E-state index in [2.05, 4.69) is 0 Å². The van der Waals surface area contributed by atoms with Crippen molar-refractivity contribution in [3.8, 4) is 11.5 Å². The highest BCUT2D eigenvalue weighted by atomic mass is 32.2. The number of rotatable bonds is 6. The van der Waals surface area contributed by atoms with Crippen molar-refractivity contribution < 1.29 is 23.2 Å². The van der Waals surface area contributed by atoms with Crippen molar-refractivity contribution in [2.75, 3.05) is 5.75 Å². The second-order valence-corrected chi connectivity index (χ2v) is 5.78. The molecule has 0 saturated carbocycles. The predicted octanol–water partition coefficient (Wildman–Crippen LogP) is 2.95. The molecule has 2 rings (SSSR count). The Bertz CT molecular complexity index is 638. The average molecular weight is 308 g/mol. The van der Waals surface area contributed by atoms with Gasteiger partial charge in [-0.15, -0.1) is 0 Å². The van der Waals surface area contributed by atoms with Crippen molar-refractivity contribution in [3.63, 3.8) is 0 Å². The minimum absolute atomic E-state index is 0.184. The minimum Gasteiger partial charge on any atom is -0.481 e. The molecule has 0 radical (unpaired) electrons. The fraction of sp³-hybridized carbons (Fsp3) is 0.133. The minimum atomic E-state index is -1.43. The van der Waals surface area contributed by atoms with Crippen LogP contribution >= 0.6 is 0 Å². The van der Waals surface area contributed by atoms with Gasteiger partial charge >= 0.3 is 5.97 Å². The number of carboxylic acid groups (broad SMARTS) is 1. The quantitative estimate of drug-likeness (QED) is 0.891. The zero-order valence-electron chi connectivity index (χ0n) is 11.0. The molecule has 2 aromatic carbocycles. The zero-order valence-corrected chi connectivity index (χ0v) is 11.8. The number of aliphatic carboxylic acids is 1. The predicted molar refractivity (Wildman–Crippen MR) is 77.3 cm³/mol. The fourth-order valence-electron chi connectivity index (χ4n) is 1.67. The molecule has 0 aliphatic carbocycles. The van der Waals surface area contributed by atoms with Crippen LogP contribution in [0.5, 0.6) is 11.5 Å². The molecule has 2 aromatic rings. The summed E-state index contributed by atoms with van der Waals surface area (Å²) in [4.78, 5) is 10.4. The third-order valence-electron chi connectivity index (χ3n) is 2.58. The first kappa shape index (κ1) is 15.2. The number of hydrogen-bond donors (Lipinski definition) is 1. The molecule has 0 aromatic heterocycles. The molecular weight excluding hydrogens is 295 g/mol. The number of halogens is 1. The van der Waals surface area contributed by atoms with Gasteiger partial charge in [0.05, 0.1) is 0 Å². The molecule has 1 N–H and O–H groups in total. The lowest BCUT2D eigenvalue weighted by Crippen LogP contribution is -2.10. The molecule has 6 heteroatoms. The fourth-order valence-corrected chi connectivity index (χ4v) is 2.61. The van der Waals surface area contributed by atoms with E-state index in [-0.39, 0.29) is 17.3 Å². The monoisotopic (exact) mass is 308 g/mol. The zero-order chi connectivity index (χ0) is 15.2. The largest absolute Gasteiger partial charge is 0.481 e. The smallest absolute Gasteiger partial charge is 0.316 e. The molecule has 4 nitrogen and oxygen atoms in total. The van der Waals surface area contributed by atoms with Gasteiger partial charge in [0.2, 0.25) is 0 Å². The molecule has 0 aliphatic rings. The van der Waals surface area contributed by atoms with Crippen LogP contribution in [-0.2, 0) is 21.3 Å². The van der Waals surface area contributed by atoms with Crippen LogP contribution in [0.3, 0.4) is 0 Å². The molecule has 0 spiro atoms.